The molecule has 2 fully saturated rings. The summed E-state index contributed by atoms with van der Waals surface area (Å²) >= 11 is 0. The molecule has 5 heteroatoms. The maximum atomic E-state index is 11.3. The number of rotatable bonds is 3. The van der Waals surface area contributed by atoms with E-state index in [2.05, 4.69) is 15.3 Å². The van der Waals surface area contributed by atoms with E-state index in [0.717, 1.165) is 24.0 Å². The molecule has 1 aromatic heterocycles. The molecule has 2 heterocycles. The summed E-state index contributed by atoms with van der Waals surface area (Å²) in [7, 11) is 0. The summed E-state index contributed by atoms with van der Waals surface area (Å²) in [5.74, 6) is 2.81. The smallest absolute Gasteiger partial charge is 0.153 e. The van der Waals surface area contributed by atoms with Gasteiger partial charge in [-0.1, -0.05) is 0 Å². The van der Waals surface area contributed by atoms with E-state index in [9.17, 15) is 4.79 Å². The highest BCUT2D eigenvalue weighted by Gasteiger charge is 2.22. The second-order valence-electron chi connectivity index (χ2n) is 5.14. The van der Waals surface area contributed by atoms with Crippen molar-refractivity contribution in [2.75, 3.05) is 23.3 Å². The van der Waals surface area contributed by atoms with Gasteiger partial charge in [0.15, 0.2) is 5.78 Å². The highest BCUT2D eigenvalue weighted by Crippen LogP contribution is 2.25. The van der Waals surface area contributed by atoms with Crippen molar-refractivity contribution in [3.63, 3.8) is 0 Å². The van der Waals surface area contributed by atoms with E-state index in [-0.39, 0.29) is 0 Å². The summed E-state index contributed by atoms with van der Waals surface area (Å²) < 4.78 is 0. The van der Waals surface area contributed by atoms with Crippen LogP contribution in [0.4, 0.5) is 11.6 Å². The van der Waals surface area contributed by atoms with Gasteiger partial charge in [-0.15, -0.1) is 0 Å². The van der Waals surface area contributed by atoms with Crippen molar-refractivity contribution in [2.24, 2.45) is 0 Å². The molecule has 0 bridgehead atoms. The first kappa shape index (κ1) is 11.4. The van der Waals surface area contributed by atoms with Gasteiger partial charge in [0.1, 0.15) is 17.5 Å². The van der Waals surface area contributed by atoms with Crippen LogP contribution in [0.3, 0.4) is 0 Å². The van der Waals surface area contributed by atoms with Gasteiger partial charge in [-0.3, -0.25) is 4.79 Å². The lowest BCUT2D eigenvalue weighted by atomic mass is 9.93. The molecule has 0 atom stereocenters. The molecule has 0 amide bonds. The fourth-order valence-corrected chi connectivity index (χ4v) is 2.38. The van der Waals surface area contributed by atoms with Crippen LogP contribution in [-0.2, 0) is 4.79 Å². The summed E-state index contributed by atoms with van der Waals surface area (Å²) in [6.07, 6.45) is 4.38. The summed E-state index contributed by atoms with van der Waals surface area (Å²) in [5, 5.41) is 3.43. The van der Waals surface area contributed by atoms with Gasteiger partial charge in [0, 0.05) is 25.1 Å². The van der Waals surface area contributed by atoms with Gasteiger partial charge in [-0.2, -0.15) is 0 Å². The van der Waals surface area contributed by atoms with E-state index in [0.29, 0.717) is 24.8 Å². The van der Waals surface area contributed by atoms with Crippen LogP contribution in [0.2, 0.25) is 0 Å². The molecular formula is C13H18N4O. The molecule has 1 aliphatic carbocycles. The van der Waals surface area contributed by atoms with Crippen LogP contribution < -0.4 is 10.2 Å². The van der Waals surface area contributed by atoms with E-state index in [4.69, 9.17) is 0 Å². The molecule has 1 saturated carbocycles. The monoisotopic (exact) mass is 246 g/mol. The maximum Gasteiger partial charge on any atom is 0.153 e. The summed E-state index contributed by atoms with van der Waals surface area (Å²) in [6, 6.07) is 2.52. The van der Waals surface area contributed by atoms with Crippen molar-refractivity contribution < 1.29 is 4.79 Å². The minimum atomic E-state index is 0.291. The van der Waals surface area contributed by atoms with Crippen molar-refractivity contribution in [1.29, 1.82) is 0 Å². The average molecular weight is 246 g/mol. The SMILES string of the molecule is Cc1nc(NC2CCC2)cc(N2CCC(=O)C2)n1. The normalized spacial score (nSPS) is 20.1. The van der Waals surface area contributed by atoms with Crippen molar-refractivity contribution in [1.82, 2.24) is 9.97 Å². The molecule has 18 heavy (non-hydrogen) atoms. The van der Waals surface area contributed by atoms with Crippen molar-refractivity contribution in [3.8, 4) is 0 Å². The molecule has 0 unspecified atom stereocenters. The van der Waals surface area contributed by atoms with Gasteiger partial charge in [0.25, 0.3) is 0 Å². The second-order valence-corrected chi connectivity index (χ2v) is 5.14. The molecule has 1 N–H and O–H groups in total. The Morgan fingerprint density at radius 2 is 2.22 bits per heavy atom. The third-order valence-corrected chi connectivity index (χ3v) is 3.63. The number of carbonyl (C=O) groups is 1. The van der Waals surface area contributed by atoms with Gasteiger partial charge < -0.3 is 10.2 Å². The maximum absolute atomic E-state index is 11.3. The molecule has 0 radical (unpaired) electrons. The Kier molecular flexibility index (Phi) is 2.89. The Morgan fingerprint density at radius 1 is 1.39 bits per heavy atom. The Balaban J connectivity index is 1.78. The minimum absolute atomic E-state index is 0.291. The van der Waals surface area contributed by atoms with E-state index < -0.39 is 0 Å². The molecule has 1 aromatic rings. The van der Waals surface area contributed by atoms with Crippen LogP contribution in [0.1, 0.15) is 31.5 Å². The van der Waals surface area contributed by atoms with Crippen LogP contribution >= 0.6 is 0 Å². The molecule has 2 aliphatic rings. The fraction of sp³-hybridized carbons (Fsp3) is 0.615. The van der Waals surface area contributed by atoms with Crippen LogP contribution in [0.15, 0.2) is 6.07 Å². The van der Waals surface area contributed by atoms with Crippen molar-refractivity contribution in [2.45, 2.75) is 38.6 Å². The molecule has 0 aromatic carbocycles. The quantitative estimate of drug-likeness (QED) is 0.876. The largest absolute Gasteiger partial charge is 0.367 e. The number of ketones is 1. The predicted octanol–water partition coefficient (Wildman–Crippen LogP) is 1.53. The molecule has 5 nitrogen and oxygen atoms in total. The van der Waals surface area contributed by atoms with E-state index in [1.54, 1.807) is 0 Å². The number of nitrogens with zero attached hydrogens (tertiary/aromatic N) is 3. The Hall–Kier alpha value is -1.65. The fourth-order valence-electron chi connectivity index (χ4n) is 2.38. The lowest BCUT2D eigenvalue weighted by Crippen LogP contribution is -2.28. The molecule has 1 saturated heterocycles. The number of carbonyl (C=O) groups excluding carboxylic acids is 1. The van der Waals surface area contributed by atoms with Crippen LogP contribution in [0.5, 0.6) is 0 Å². The standard InChI is InChI=1S/C13H18N4O/c1-9-14-12(16-10-3-2-4-10)7-13(15-9)17-6-5-11(18)8-17/h7,10H,2-6,8H2,1H3,(H,14,15,16). The zero-order valence-corrected chi connectivity index (χ0v) is 10.6. The highest BCUT2D eigenvalue weighted by atomic mass is 16.1. The van der Waals surface area contributed by atoms with Crippen LogP contribution in [0, 0.1) is 6.92 Å². The molecule has 1 aliphatic heterocycles. The molecule has 3 rings (SSSR count). The Morgan fingerprint density at radius 3 is 2.83 bits per heavy atom. The Labute approximate surface area is 107 Å². The van der Waals surface area contributed by atoms with Gasteiger partial charge in [-0.25, -0.2) is 9.97 Å². The summed E-state index contributed by atoms with van der Waals surface area (Å²) in [5.41, 5.74) is 0. The number of aryl methyl sites for hydroxylation is 1. The first-order chi connectivity index (χ1) is 8.70. The zero-order valence-electron chi connectivity index (χ0n) is 10.6. The van der Waals surface area contributed by atoms with E-state index in [1.165, 1.54) is 19.3 Å². The predicted molar refractivity (Wildman–Crippen MR) is 69.9 cm³/mol. The number of hydrogen-bond donors (Lipinski definition) is 1. The van der Waals surface area contributed by atoms with Gasteiger partial charge in [0.05, 0.1) is 6.54 Å². The van der Waals surface area contributed by atoms with E-state index in [1.807, 2.05) is 17.9 Å². The minimum Gasteiger partial charge on any atom is -0.367 e. The third-order valence-electron chi connectivity index (χ3n) is 3.63. The number of anilines is 2. The number of hydrogen-bond acceptors (Lipinski definition) is 5. The zero-order chi connectivity index (χ0) is 12.5. The second kappa shape index (κ2) is 4.55. The van der Waals surface area contributed by atoms with Crippen molar-refractivity contribution in [3.05, 3.63) is 11.9 Å². The average Bonchev–Trinajstić information content (AvgIpc) is 2.70. The topological polar surface area (TPSA) is 58.1 Å². The molecule has 0 spiro atoms. The first-order valence-corrected chi connectivity index (χ1v) is 6.59. The van der Waals surface area contributed by atoms with Gasteiger partial charge in [-0.05, 0) is 26.2 Å². The van der Waals surface area contributed by atoms with Gasteiger partial charge in [0.2, 0.25) is 0 Å². The lowest BCUT2D eigenvalue weighted by Gasteiger charge is -2.27. The van der Waals surface area contributed by atoms with Crippen LogP contribution in [-0.4, -0.2) is 34.9 Å². The number of Topliss-reactive ketones (excluding diaryl/α,β-unsaturated/α-hetero) is 1. The highest BCUT2D eigenvalue weighted by molar-refractivity contribution is 5.86. The van der Waals surface area contributed by atoms with Crippen molar-refractivity contribution >= 4 is 17.4 Å². The lowest BCUT2D eigenvalue weighted by molar-refractivity contribution is -0.116. The number of aromatic nitrogens is 2. The Bertz CT molecular complexity index is 470. The molecular weight excluding hydrogens is 228 g/mol. The first-order valence-electron chi connectivity index (χ1n) is 6.59. The van der Waals surface area contributed by atoms with Gasteiger partial charge >= 0.3 is 0 Å². The third kappa shape index (κ3) is 2.30. The number of nitrogens with one attached hydrogen (secondary N) is 1. The van der Waals surface area contributed by atoms with E-state index >= 15 is 0 Å². The van der Waals surface area contributed by atoms with Crippen LogP contribution in [0.25, 0.3) is 0 Å². The molecule has 96 valence electrons. The summed E-state index contributed by atoms with van der Waals surface area (Å²) in [4.78, 5) is 22.2. The summed E-state index contributed by atoms with van der Waals surface area (Å²) in [6.45, 7) is 3.16.